The minimum Gasteiger partial charge on any atom is -1.00 e. The van der Waals surface area contributed by atoms with E-state index in [1.165, 1.54) is 18.2 Å². The van der Waals surface area contributed by atoms with Gasteiger partial charge in [0.1, 0.15) is 11.6 Å². The van der Waals surface area contributed by atoms with Crippen molar-refractivity contribution in [3.05, 3.63) is 53.9 Å². The van der Waals surface area contributed by atoms with Gasteiger partial charge >= 0.3 is 0 Å². The summed E-state index contributed by atoms with van der Waals surface area (Å²) in [6.45, 7) is 0.0553. The van der Waals surface area contributed by atoms with E-state index in [0.717, 1.165) is 0 Å². The van der Waals surface area contributed by atoms with Crippen LogP contribution in [0.2, 0.25) is 0 Å². The molecule has 1 heterocycles. The molecule has 0 spiro atoms. The molecule has 0 radical (unpaired) electrons. The van der Waals surface area contributed by atoms with E-state index in [9.17, 15) is 15.0 Å². The fourth-order valence-corrected chi connectivity index (χ4v) is 1.64. The van der Waals surface area contributed by atoms with E-state index >= 15 is 0 Å². The van der Waals surface area contributed by atoms with Gasteiger partial charge in [0.15, 0.2) is 23.9 Å². The van der Waals surface area contributed by atoms with Gasteiger partial charge in [0.25, 0.3) is 0 Å². The number of ketones is 1. The first kappa shape index (κ1) is 15.5. The molecule has 1 aromatic carbocycles. The Hall–Kier alpha value is -2.58. The molecular formula is C14H11ClN2O3. The largest absolute Gasteiger partial charge is 1.00 e. The number of hydrogen-bond acceptors (Lipinski definition) is 4. The second-order valence-electron chi connectivity index (χ2n) is 4.00. The van der Waals surface area contributed by atoms with Gasteiger partial charge in [-0.05, 0) is 24.3 Å². The van der Waals surface area contributed by atoms with Gasteiger partial charge in [-0.2, -0.15) is 9.83 Å². The molecule has 2 rings (SSSR count). The summed E-state index contributed by atoms with van der Waals surface area (Å²) in [5.41, 5.74) is 0.758. The molecule has 0 atom stereocenters. The Balaban J connectivity index is 0.00000200. The second kappa shape index (κ2) is 6.55. The van der Waals surface area contributed by atoms with Gasteiger partial charge in [-0.1, -0.05) is 0 Å². The molecule has 20 heavy (non-hydrogen) atoms. The molecule has 0 fully saturated rings. The number of aromatic nitrogens is 1. The van der Waals surface area contributed by atoms with Gasteiger partial charge in [0.05, 0.1) is 0 Å². The van der Waals surface area contributed by atoms with Gasteiger partial charge in [-0.15, -0.1) is 0 Å². The molecule has 2 N–H and O–H groups in total. The summed E-state index contributed by atoms with van der Waals surface area (Å²) in [5, 5.41) is 27.3. The number of rotatable bonds is 3. The van der Waals surface area contributed by atoms with Crippen LogP contribution in [0.5, 0.6) is 11.5 Å². The van der Waals surface area contributed by atoms with Crippen molar-refractivity contribution in [1.29, 1.82) is 5.26 Å². The van der Waals surface area contributed by atoms with E-state index in [1.807, 2.05) is 6.07 Å². The van der Waals surface area contributed by atoms with Crippen molar-refractivity contribution in [3.63, 3.8) is 0 Å². The third-order valence-corrected chi connectivity index (χ3v) is 2.61. The average molecular weight is 291 g/mol. The number of phenols is 2. The number of pyridine rings is 1. The lowest BCUT2D eigenvalue weighted by atomic mass is 10.1. The Morgan fingerprint density at radius 2 is 2.00 bits per heavy atom. The summed E-state index contributed by atoms with van der Waals surface area (Å²) in [6.07, 6.45) is 3.25. The minimum atomic E-state index is -0.332. The molecule has 0 aliphatic rings. The zero-order valence-electron chi connectivity index (χ0n) is 10.3. The van der Waals surface area contributed by atoms with E-state index in [0.29, 0.717) is 11.1 Å². The molecule has 0 bridgehead atoms. The Labute approximate surface area is 121 Å². The lowest BCUT2D eigenvalue weighted by Gasteiger charge is -2.01. The summed E-state index contributed by atoms with van der Waals surface area (Å²) < 4.78 is 1.59. The van der Waals surface area contributed by atoms with E-state index in [2.05, 4.69) is 0 Å². The molecule has 0 amide bonds. The summed E-state index contributed by atoms with van der Waals surface area (Å²) in [6, 6.07) is 9.23. The molecule has 5 nitrogen and oxygen atoms in total. The maximum Gasteiger partial charge on any atom is 0.227 e. The molecule has 102 valence electrons. The average Bonchev–Trinajstić information content (AvgIpc) is 2.42. The van der Waals surface area contributed by atoms with Crippen molar-refractivity contribution in [3.8, 4) is 17.6 Å². The fourth-order valence-electron chi connectivity index (χ4n) is 1.64. The number of carbonyl (C=O) groups is 1. The predicted molar refractivity (Wildman–Crippen MR) is 65.5 cm³/mol. The van der Waals surface area contributed by atoms with Crippen molar-refractivity contribution in [2.75, 3.05) is 0 Å². The number of aromatic hydroxyl groups is 2. The van der Waals surface area contributed by atoms with Crippen molar-refractivity contribution in [2.45, 2.75) is 6.54 Å². The highest BCUT2D eigenvalue weighted by Gasteiger charge is 2.14. The predicted octanol–water partition coefficient (Wildman–Crippen LogP) is -1.86. The first-order valence-corrected chi connectivity index (χ1v) is 5.54. The quantitative estimate of drug-likeness (QED) is 0.395. The highest BCUT2D eigenvalue weighted by atomic mass is 35.5. The van der Waals surface area contributed by atoms with Gasteiger partial charge in [-0.3, -0.25) is 4.79 Å². The number of halogens is 1. The summed E-state index contributed by atoms with van der Waals surface area (Å²) in [4.78, 5) is 12.0. The highest BCUT2D eigenvalue weighted by molar-refractivity contribution is 5.95. The van der Waals surface area contributed by atoms with Crippen LogP contribution in [-0.2, 0) is 6.54 Å². The number of nitriles is 1. The SMILES string of the molecule is N#Cc1ccc[n+](CC(=O)c2ccc(O)c(O)c2)c1.[Cl-]. The van der Waals surface area contributed by atoms with Crippen LogP contribution >= 0.6 is 0 Å². The topological polar surface area (TPSA) is 85.2 Å². The van der Waals surface area contributed by atoms with Gasteiger partial charge in [0.2, 0.25) is 12.3 Å². The van der Waals surface area contributed by atoms with Crippen molar-refractivity contribution >= 4 is 5.78 Å². The third kappa shape index (κ3) is 3.46. The third-order valence-electron chi connectivity index (χ3n) is 2.61. The van der Waals surface area contributed by atoms with Gasteiger partial charge in [-0.25, -0.2) is 0 Å². The van der Waals surface area contributed by atoms with Crippen LogP contribution < -0.4 is 17.0 Å². The monoisotopic (exact) mass is 290 g/mol. The zero-order chi connectivity index (χ0) is 13.8. The second-order valence-corrected chi connectivity index (χ2v) is 4.00. The molecule has 0 saturated heterocycles. The maximum absolute atomic E-state index is 12.0. The summed E-state index contributed by atoms with van der Waals surface area (Å²) >= 11 is 0. The Morgan fingerprint density at radius 3 is 2.65 bits per heavy atom. The summed E-state index contributed by atoms with van der Waals surface area (Å²) in [7, 11) is 0. The molecular weight excluding hydrogens is 280 g/mol. The van der Waals surface area contributed by atoms with Crippen molar-refractivity contribution in [1.82, 2.24) is 0 Å². The number of nitrogens with zero attached hydrogens (tertiary/aromatic N) is 2. The zero-order valence-corrected chi connectivity index (χ0v) is 11.1. The van der Waals surface area contributed by atoms with Gasteiger partial charge < -0.3 is 22.6 Å². The molecule has 0 aliphatic carbocycles. The number of phenolic OH excluding ortho intramolecular Hbond substituents is 2. The van der Waals surface area contributed by atoms with Crippen LogP contribution in [0.25, 0.3) is 0 Å². The molecule has 0 unspecified atom stereocenters. The van der Waals surface area contributed by atoms with Crippen LogP contribution in [-0.4, -0.2) is 16.0 Å². The van der Waals surface area contributed by atoms with E-state index in [1.54, 1.807) is 29.1 Å². The van der Waals surface area contributed by atoms with Crippen molar-refractivity contribution in [2.24, 2.45) is 0 Å². The standard InChI is InChI=1S/C14H10N2O3.ClH/c15-7-10-2-1-5-16(8-10)9-14(19)11-3-4-12(17)13(18)6-11;/h1-6,8H,9H2,(H-,17,18,19);1H. The molecule has 0 aliphatic heterocycles. The smallest absolute Gasteiger partial charge is 0.227 e. The number of hydrogen-bond donors (Lipinski definition) is 2. The Kier molecular flexibility index (Phi) is 5.07. The van der Waals surface area contributed by atoms with Crippen molar-refractivity contribution < 1.29 is 32.0 Å². The lowest BCUT2D eigenvalue weighted by molar-refractivity contribution is -0.683. The number of benzene rings is 1. The Bertz CT molecular complexity index is 680. The van der Waals surface area contributed by atoms with E-state index in [4.69, 9.17) is 5.26 Å². The number of Topliss-reactive ketones (excluding diaryl/α,β-unsaturated/α-hetero) is 1. The lowest BCUT2D eigenvalue weighted by Crippen LogP contribution is -3.00. The van der Waals surface area contributed by atoms with Crippen LogP contribution in [0.15, 0.2) is 42.7 Å². The minimum absolute atomic E-state index is 0. The first-order valence-electron chi connectivity index (χ1n) is 5.54. The van der Waals surface area contributed by atoms with Crippen LogP contribution in [0.4, 0.5) is 0 Å². The normalized spacial score (nSPS) is 9.35. The molecule has 1 aromatic heterocycles. The maximum atomic E-state index is 12.0. The summed E-state index contributed by atoms with van der Waals surface area (Å²) in [5.74, 6) is -0.826. The first-order chi connectivity index (χ1) is 9.10. The van der Waals surface area contributed by atoms with Crippen LogP contribution in [0, 0.1) is 11.3 Å². The van der Waals surface area contributed by atoms with Crippen LogP contribution in [0.1, 0.15) is 15.9 Å². The highest BCUT2D eigenvalue weighted by Crippen LogP contribution is 2.24. The molecule has 6 heteroatoms. The Morgan fingerprint density at radius 1 is 1.25 bits per heavy atom. The van der Waals surface area contributed by atoms with Crippen LogP contribution in [0.3, 0.4) is 0 Å². The fraction of sp³-hybridized carbons (Fsp3) is 0.0714. The van der Waals surface area contributed by atoms with E-state index < -0.39 is 0 Å². The number of carbonyl (C=O) groups excluding carboxylic acids is 1. The molecule has 2 aromatic rings. The van der Waals surface area contributed by atoms with Gasteiger partial charge in [0, 0.05) is 11.6 Å². The molecule has 0 saturated carbocycles. The van der Waals surface area contributed by atoms with E-state index in [-0.39, 0.29) is 36.2 Å².